The van der Waals surface area contributed by atoms with Crippen molar-refractivity contribution in [3.63, 3.8) is 0 Å². The second kappa shape index (κ2) is 9.14. The zero-order chi connectivity index (χ0) is 20.1. The van der Waals surface area contributed by atoms with Crippen LogP contribution in [0.3, 0.4) is 0 Å². The second-order valence-corrected chi connectivity index (χ2v) is 6.99. The zero-order valence-corrected chi connectivity index (χ0v) is 15.8. The summed E-state index contributed by atoms with van der Waals surface area (Å²) in [4.78, 5) is 25.0. The van der Waals surface area contributed by atoms with E-state index in [0.29, 0.717) is 30.8 Å². The zero-order valence-electron chi connectivity index (χ0n) is 15.8. The summed E-state index contributed by atoms with van der Waals surface area (Å²) in [7, 11) is 0. The number of aliphatic hydroxyl groups is 2. The highest BCUT2D eigenvalue weighted by Crippen LogP contribution is 2.16. The highest BCUT2D eigenvalue weighted by atomic mass is 16.5. The molecule has 0 radical (unpaired) electrons. The Hall–Kier alpha value is -2.48. The van der Waals surface area contributed by atoms with Gasteiger partial charge in [0.1, 0.15) is 23.5 Å². The fourth-order valence-electron chi connectivity index (χ4n) is 3.42. The summed E-state index contributed by atoms with van der Waals surface area (Å²) in [6.45, 7) is 1.65. The van der Waals surface area contributed by atoms with Crippen molar-refractivity contribution in [2.45, 2.75) is 44.4 Å². The summed E-state index contributed by atoms with van der Waals surface area (Å²) in [5.74, 6) is -0.0714. The quantitative estimate of drug-likeness (QED) is 0.682. The number of rotatable bonds is 6. The molecule has 3 N–H and O–H groups in total. The molecular formula is C21H25NO6. The van der Waals surface area contributed by atoms with E-state index in [9.17, 15) is 19.8 Å². The molecule has 1 saturated heterocycles. The summed E-state index contributed by atoms with van der Waals surface area (Å²) >= 11 is 0. The van der Waals surface area contributed by atoms with Crippen LogP contribution in [0.5, 0.6) is 0 Å². The van der Waals surface area contributed by atoms with E-state index < -0.39 is 29.8 Å². The molecule has 1 amide bonds. The molecule has 0 bridgehead atoms. The van der Waals surface area contributed by atoms with Crippen molar-refractivity contribution in [3.05, 3.63) is 69.3 Å². The van der Waals surface area contributed by atoms with Crippen molar-refractivity contribution in [2.24, 2.45) is 0 Å². The molecule has 1 aliphatic rings. The standard InChI is InChI=1S/C21H25NO6/c1-13-11-15(8-7-14-5-3-2-4-6-14)28-21(26)18(13)20(25)22-16-9-10-27-17(12-23)19(16)24/h2-6,11,16-17,19,23-24H,7-10,12H2,1H3,(H,22,25)/t16-,17+,19-/m0/s1. The van der Waals surface area contributed by atoms with Gasteiger partial charge in [0, 0.05) is 13.0 Å². The van der Waals surface area contributed by atoms with Crippen molar-refractivity contribution in [1.82, 2.24) is 5.32 Å². The topological polar surface area (TPSA) is 109 Å². The molecule has 1 aromatic heterocycles. The van der Waals surface area contributed by atoms with Crippen LogP contribution >= 0.6 is 0 Å². The molecule has 0 spiro atoms. The number of aliphatic hydroxyl groups excluding tert-OH is 2. The summed E-state index contributed by atoms with van der Waals surface area (Å²) < 4.78 is 10.6. The number of aryl methyl sites for hydroxylation is 3. The van der Waals surface area contributed by atoms with E-state index in [0.717, 1.165) is 12.0 Å². The van der Waals surface area contributed by atoms with E-state index in [1.165, 1.54) is 0 Å². The van der Waals surface area contributed by atoms with Crippen molar-refractivity contribution >= 4 is 5.91 Å². The molecule has 2 aromatic rings. The van der Waals surface area contributed by atoms with Crippen LogP contribution in [0.2, 0.25) is 0 Å². The SMILES string of the molecule is Cc1cc(CCc2ccccc2)oc(=O)c1C(=O)N[C@H]1CCO[C@H](CO)[C@H]1O. The van der Waals surface area contributed by atoms with E-state index in [1.807, 2.05) is 30.3 Å². The van der Waals surface area contributed by atoms with Crippen LogP contribution in [0, 0.1) is 6.92 Å². The minimum atomic E-state index is -1.04. The molecule has 28 heavy (non-hydrogen) atoms. The van der Waals surface area contributed by atoms with Gasteiger partial charge in [0.25, 0.3) is 5.91 Å². The first-order valence-corrected chi connectivity index (χ1v) is 9.38. The van der Waals surface area contributed by atoms with Gasteiger partial charge in [-0.25, -0.2) is 4.79 Å². The molecule has 0 saturated carbocycles. The Morgan fingerprint density at radius 2 is 2.00 bits per heavy atom. The van der Waals surface area contributed by atoms with Gasteiger partial charge in [0.15, 0.2) is 0 Å². The molecule has 150 valence electrons. The Kier molecular flexibility index (Phi) is 6.61. The molecule has 7 nitrogen and oxygen atoms in total. The molecule has 1 aromatic carbocycles. The molecule has 3 rings (SSSR count). The maximum atomic E-state index is 12.6. The summed E-state index contributed by atoms with van der Waals surface area (Å²) in [5, 5.41) is 22.1. The van der Waals surface area contributed by atoms with Crippen LogP contribution in [-0.2, 0) is 17.6 Å². The fourth-order valence-corrected chi connectivity index (χ4v) is 3.42. The maximum Gasteiger partial charge on any atom is 0.349 e. The number of hydrogen-bond donors (Lipinski definition) is 3. The number of ether oxygens (including phenoxy) is 1. The van der Waals surface area contributed by atoms with E-state index in [-0.39, 0.29) is 12.2 Å². The van der Waals surface area contributed by atoms with E-state index in [4.69, 9.17) is 9.15 Å². The highest BCUT2D eigenvalue weighted by Gasteiger charge is 2.34. The smallest absolute Gasteiger partial charge is 0.349 e. The Morgan fingerprint density at radius 3 is 2.68 bits per heavy atom. The third kappa shape index (κ3) is 4.67. The maximum absolute atomic E-state index is 12.6. The molecule has 3 atom stereocenters. The van der Waals surface area contributed by atoms with Crippen LogP contribution in [-0.4, -0.2) is 47.6 Å². The third-order valence-corrected chi connectivity index (χ3v) is 4.98. The Morgan fingerprint density at radius 1 is 1.25 bits per heavy atom. The lowest BCUT2D eigenvalue weighted by Crippen LogP contribution is -2.54. The van der Waals surface area contributed by atoms with Crippen molar-refractivity contribution in [3.8, 4) is 0 Å². The van der Waals surface area contributed by atoms with Gasteiger partial charge in [-0.2, -0.15) is 0 Å². The van der Waals surface area contributed by atoms with Gasteiger partial charge in [-0.3, -0.25) is 4.79 Å². The molecule has 0 unspecified atom stereocenters. The molecule has 0 aliphatic carbocycles. The normalized spacial score (nSPS) is 22.0. The van der Waals surface area contributed by atoms with Crippen molar-refractivity contribution < 1.29 is 24.2 Å². The third-order valence-electron chi connectivity index (χ3n) is 4.98. The summed E-state index contributed by atoms with van der Waals surface area (Å²) in [5.41, 5.74) is 0.900. The first-order valence-electron chi connectivity index (χ1n) is 9.38. The molecule has 1 fully saturated rings. The predicted octanol–water partition coefficient (Wildman–Crippen LogP) is 0.974. The van der Waals surface area contributed by atoms with Crippen molar-refractivity contribution in [2.75, 3.05) is 13.2 Å². The first-order chi connectivity index (χ1) is 13.5. The summed E-state index contributed by atoms with van der Waals surface area (Å²) in [6.07, 6.45) is -0.120. The van der Waals surface area contributed by atoms with Crippen LogP contribution in [0.1, 0.15) is 33.7 Å². The van der Waals surface area contributed by atoms with E-state index in [2.05, 4.69) is 5.32 Å². The number of nitrogens with one attached hydrogen (secondary N) is 1. The fraction of sp³-hybridized carbons (Fsp3) is 0.429. The Labute approximate surface area is 163 Å². The lowest BCUT2D eigenvalue weighted by molar-refractivity contribution is -0.107. The minimum Gasteiger partial charge on any atom is -0.427 e. The van der Waals surface area contributed by atoms with Crippen LogP contribution in [0.15, 0.2) is 45.6 Å². The molecule has 1 aliphatic heterocycles. The van der Waals surface area contributed by atoms with Gasteiger partial charge in [-0.1, -0.05) is 30.3 Å². The average molecular weight is 387 g/mol. The Balaban J connectivity index is 1.70. The number of hydrogen-bond acceptors (Lipinski definition) is 6. The summed E-state index contributed by atoms with van der Waals surface area (Å²) in [6, 6.07) is 11.0. The van der Waals surface area contributed by atoms with Crippen LogP contribution < -0.4 is 10.9 Å². The number of benzene rings is 1. The Bertz CT molecular complexity index is 863. The van der Waals surface area contributed by atoms with E-state index in [1.54, 1.807) is 13.0 Å². The van der Waals surface area contributed by atoms with Crippen LogP contribution in [0.4, 0.5) is 0 Å². The number of amides is 1. The van der Waals surface area contributed by atoms with Crippen LogP contribution in [0.25, 0.3) is 0 Å². The van der Waals surface area contributed by atoms with Gasteiger partial charge in [0.05, 0.1) is 12.6 Å². The molecule has 7 heteroatoms. The van der Waals surface area contributed by atoms with Gasteiger partial charge in [-0.15, -0.1) is 0 Å². The second-order valence-electron chi connectivity index (χ2n) is 6.99. The van der Waals surface area contributed by atoms with Gasteiger partial charge < -0.3 is 24.7 Å². The molecule has 2 heterocycles. The number of carbonyl (C=O) groups excluding carboxylic acids is 1. The van der Waals surface area contributed by atoms with Gasteiger partial charge in [0.2, 0.25) is 0 Å². The number of carbonyl (C=O) groups is 1. The lowest BCUT2D eigenvalue weighted by Gasteiger charge is -2.34. The molecular weight excluding hydrogens is 362 g/mol. The predicted molar refractivity (Wildman–Crippen MR) is 102 cm³/mol. The minimum absolute atomic E-state index is 0.0669. The monoisotopic (exact) mass is 387 g/mol. The van der Waals surface area contributed by atoms with Gasteiger partial charge >= 0.3 is 5.63 Å². The highest BCUT2D eigenvalue weighted by molar-refractivity contribution is 5.95. The lowest BCUT2D eigenvalue weighted by atomic mass is 9.99. The average Bonchev–Trinajstić information content (AvgIpc) is 2.68. The largest absolute Gasteiger partial charge is 0.427 e. The first kappa shape index (κ1) is 20.3. The van der Waals surface area contributed by atoms with E-state index >= 15 is 0 Å². The van der Waals surface area contributed by atoms with Gasteiger partial charge in [-0.05, 0) is 37.0 Å². The van der Waals surface area contributed by atoms with Crippen molar-refractivity contribution in [1.29, 1.82) is 0 Å².